The lowest BCUT2D eigenvalue weighted by Crippen LogP contribution is -2.28. The molecule has 2 N–H and O–H groups in total. The molecule has 0 spiro atoms. The van der Waals surface area contributed by atoms with Crippen molar-refractivity contribution in [1.29, 1.82) is 0 Å². The first-order chi connectivity index (χ1) is 12.7. The Kier molecular flexibility index (Phi) is 6.70. The van der Waals surface area contributed by atoms with Crippen LogP contribution >= 0.6 is 0 Å². The van der Waals surface area contributed by atoms with Gasteiger partial charge in [0.1, 0.15) is 10.6 Å². The highest BCUT2D eigenvalue weighted by atomic mass is 32.2. The fourth-order valence-corrected chi connectivity index (χ4v) is 3.71. The third-order valence-corrected chi connectivity index (χ3v) is 5.27. The Morgan fingerprint density at radius 1 is 1.19 bits per heavy atom. The number of anilines is 1. The predicted octanol–water partition coefficient (Wildman–Crippen LogP) is 1.78. The molecule has 1 amide bonds. The number of amides is 1. The quantitative estimate of drug-likeness (QED) is 0.652. The predicted molar refractivity (Wildman–Crippen MR) is 96.8 cm³/mol. The van der Waals surface area contributed by atoms with Crippen LogP contribution in [0.25, 0.3) is 0 Å². The minimum Gasteiger partial charge on any atom is -0.462 e. The van der Waals surface area contributed by atoms with Crippen molar-refractivity contribution < 1.29 is 27.3 Å². The van der Waals surface area contributed by atoms with E-state index in [1.54, 1.807) is 19.1 Å². The average Bonchev–Trinajstić information content (AvgIpc) is 2.95. The summed E-state index contributed by atoms with van der Waals surface area (Å²) < 4.78 is 36.6. The molecule has 9 nitrogen and oxygen atoms in total. The zero-order valence-electron chi connectivity index (χ0n) is 15.2. The molecule has 27 heavy (non-hydrogen) atoms. The van der Waals surface area contributed by atoms with Crippen LogP contribution in [-0.2, 0) is 19.6 Å². The van der Waals surface area contributed by atoms with E-state index in [-0.39, 0.29) is 41.8 Å². The Bertz CT molecular complexity index is 899. The summed E-state index contributed by atoms with van der Waals surface area (Å²) in [6.07, 6.45) is -0.0672. The van der Waals surface area contributed by atoms with Gasteiger partial charge in [-0.05, 0) is 45.0 Å². The minimum atomic E-state index is -3.81. The van der Waals surface area contributed by atoms with Crippen molar-refractivity contribution in [2.75, 3.05) is 18.5 Å². The lowest BCUT2D eigenvalue weighted by molar-refractivity contribution is -0.116. The zero-order valence-corrected chi connectivity index (χ0v) is 16.1. The molecule has 0 saturated carbocycles. The number of benzene rings is 1. The van der Waals surface area contributed by atoms with E-state index in [0.717, 1.165) is 0 Å². The molecule has 0 aliphatic heterocycles. The molecule has 0 fully saturated rings. The molecule has 10 heteroatoms. The summed E-state index contributed by atoms with van der Waals surface area (Å²) in [5.74, 6) is -0.629. The maximum absolute atomic E-state index is 12.2. The van der Waals surface area contributed by atoms with Gasteiger partial charge in [-0.1, -0.05) is 5.16 Å². The number of nitrogens with zero attached hydrogens (tertiary/aromatic N) is 1. The maximum atomic E-state index is 12.2. The van der Waals surface area contributed by atoms with Gasteiger partial charge < -0.3 is 14.6 Å². The van der Waals surface area contributed by atoms with Gasteiger partial charge in [0.05, 0.1) is 12.2 Å². The summed E-state index contributed by atoms with van der Waals surface area (Å²) in [5, 5.41) is 6.23. The van der Waals surface area contributed by atoms with E-state index in [1.165, 1.54) is 26.0 Å². The number of sulfonamides is 1. The lowest BCUT2D eigenvalue weighted by Gasteiger charge is -2.08. The highest BCUT2D eigenvalue weighted by molar-refractivity contribution is 7.89. The van der Waals surface area contributed by atoms with Crippen LogP contribution in [0.1, 0.15) is 35.2 Å². The van der Waals surface area contributed by atoms with Crippen molar-refractivity contribution >= 4 is 27.6 Å². The molecular formula is C17H21N3O6S. The van der Waals surface area contributed by atoms with Gasteiger partial charge in [0.25, 0.3) is 0 Å². The lowest BCUT2D eigenvalue weighted by atomic mass is 10.2. The van der Waals surface area contributed by atoms with E-state index in [9.17, 15) is 18.0 Å². The molecule has 0 unspecified atom stereocenters. The number of carbonyl (C=O) groups excluding carboxylic acids is 2. The highest BCUT2D eigenvalue weighted by Crippen LogP contribution is 2.18. The van der Waals surface area contributed by atoms with Crippen molar-refractivity contribution in [3.05, 3.63) is 41.3 Å². The standard InChI is InChI=1S/C17H21N3O6S/c1-4-25-17(22)13-5-7-14(8-6-13)19-15(21)9-10-18-27(23,24)16-11(2)20-26-12(16)3/h5-8,18H,4,9-10H2,1-3H3,(H,19,21). The number of hydrogen-bond donors (Lipinski definition) is 2. The summed E-state index contributed by atoms with van der Waals surface area (Å²) in [6.45, 7) is 4.94. The van der Waals surface area contributed by atoms with E-state index in [0.29, 0.717) is 11.3 Å². The van der Waals surface area contributed by atoms with Gasteiger partial charge in [0.2, 0.25) is 15.9 Å². The van der Waals surface area contributed by atoms with Crippen LogP contribution in [0.2, 0.25) is 0 Å². The van der Waals surface area contributed by atoms with Gasteiger partial charge in [0, 0.05) is 18.7 Å². The molecule has 1 aromatic heterocycles. The van der Waals surface area contributed by atoms with Crippen LogP contribution in [-0.4, -0.2) is 38.6 Å². The zero-order chi connectivity index (χ0) is 20.0. The topological polar surface area (TPSA) is 128 Å². The molecule has 0 saturated heterocycles. The molecule has 0 bridgehead atoms. The van der Waals surface area contributed by atoms with Crippen LogP contribution in [0.5, 0.6) is 0 Å². The van der Waals surface area contributed by atoms with Gasteiger partial charge in [0.15, 0.2) is 5.76 Å². The molecule has 1 heterocycles. The van der Waals surface area contributed by atoms with E-state index in [4.69, 9.17) is 9.26 Å². The van der Waals surface area contributed by atoms with Crippen molar-refractivity contribution in [1.82, 2.24) is 9.88 Å². The second-order valence-corrected chi connectivity index (χ2v) is 7.35. The number of esters is 1. The van der Waals surface area contributed by atoms with Crippen LogP contribution in [0.3, 0.4) is 0 Å². The van der Waals surface area contributed by atoms with Gasteiger partial charge in [-0.3, -0.25) is 4.79 Å². The molecular weight excluding hydrogens is 374 g/mol. The molecule has 146 valence electrons. The van der Waals surface area contributed by atoms with Crippen LogP contribution in [0.15, 0.2) is 33.7 Å². The summed E-state index contributed by atoms with van der Waals surface area (Å²) in [5.41, 5.74) is 1.12. The van der Waals surface area contributed by atoms with Gasteiger partial charge in [-0.2, -0.15) is 0 Å². The van der Waals surface area contributed by atoms with Crippen molar-refractivity contribution in [2.45, 2.75) is 32.1 Å². The SMILES string of the molecule is CCOC(=O)c1ccc(NC(=O)CCNS(=O)(=O)c2c(C)noc2C)cc1. The first kappa shape index (κ1) is 20.6. The number of aromatic nitrogens is 1. The fraction of sp³-hybridized carbons (Fsp3) is 0.353. The number of nitrogens with one attached hydrogen (secondary N) is 2. The Balaban J connectivity index is 1.87. The second kappa shape index (κ2) is 8.78. The van der Waals surface area contributed by atoms with E-state index in [1.807, 2.05) is 0 Å². The molecule has 0 radical (unpaired) electrons. The van der Waals surface area contributed by atoms with Crippen molar-refractivity contribution in [3.63, 3.8) is 0 Å². The highest BCUT2D eigenvalue weighted by Gasteiger charge is 2.23. The van der Waals surface area contributed by atoms with E-state index < -0.39 is 16.0 Å². The van der Waals surface area contributed by atoms with Gasteiger partial charge >= 0.3 is 5.97 Å². The minimum absolute atomic E-state index is 0.0162. The van der Waals surface area contributed by atoms with Gasteiger partial charge in [-0.25, -0.2) is 17.9 Å². The number of carbonyl (C=O) groups is 2. The Morgan fingerprint density at radius 2 is 1.85 bits per heavy atom. The second-order valence-electron chi connectivity index (χ2n) is 5.65. The fourth-order valence-electron chi connectivity index (χ4n) is 2.36. The number of aryl methyl sites for hydroxylation is 2. The van der Waals surface area contributed by atoms with Crippen molar-refractivity contribution in [2.24, 2.45) is 0 Å². The summed E-state index contributed by atoms with van der Waals surface area (Å²) >= 11 is 0. The first-order valence-electron chi connectivity index (χ1n) is 8.24. The van der Waals surface area contributed by atoms with E-state index >= 15 is 0 Å². The Morgan fingerprint density at radius 3 is 2.41 bits per heavy atom. The summed E-state index contributed by atoms with van der Waals surface area (Å²) in [6, 6.07) is 6.21. The normalized spacial score (nSPS) is 11.2. The van der Waals surface area contributed by atoms with Crippen LogP contribution in [0, 0.1) is 13.8 Å². The molecule has 1 aromatic carbocycles. The smallest absolute Gasteiger partial charge is 0.338 e. The Labute approximate surface area is 157 Å². The van der Waals surface area contributed by atoms with Gasteiger partial charge in [-0.15, -0.1) is 0 Å². The average molecular weight is 395 g/mol. The number of rotatable bonds is 8. The van der Waals surface area contributed by atoms with Crippen LogP contribution in [0.4, 0.5) is 5.69 Å². The number of hydrogen-bond acceptors (Lipinski definition) is 7. The first-order valence-corrected chi connectivity index (χ1v) is 9.72. The molecule has 0 aliphatic carbocycles. The third kappa shape index (κ3) is 5.38. The van der Waals surface area contributed by atoms with Crippen molar-refractivity contribution in [3.8, 4) is 0 Å². The van der Waals surface area contributed by atoms with E-state index in [2.05, 4.69) is 15.2 Å². The number of ether oxygens (including phenoxy) is 1. The summed E-state index contributed by atoms with van der Waals surface area (Å²) in [7, 11) is -3.81. The third-order valence-electron chi connectivity index (χ3n) is 3.56. The largest absolute Gasteiger partial charge is 0.462 e. The molecule has 0 atom stereocenters. The molecule has 2 rings (SSSR count). The maximum Gasteiger partial charge on any atom is 0.338 e. The molecule has 0 aliphatic rings. The Hall–Kier alpha value is -2.72. The monoisotopic (exact) mass is 395 g/mol. The summed E-state index contributed by atoms with van der Waals surface area (Å²) in [4.78, 5) is 23.5. The van der Waals surface area contributed by atoms with Crippen LogP contribution < -0.4 is 10.0 Å². The molecule has 2 aromatic rings.